The van der Waals surface area contributed by atoms with E-state index in [1.807, 2.05) is 0 Å². The Hall–Kier alpha value is -3.84. The van der Waals surface area contributed by atoms with Crippen LogP contribution in [0, 0.1) is 0 Å². The van der Waals surface area contributed by atoms with E-state index in [0.717, 1.165) is 11.4 Å². The monoisotopic (exact) mass is 369 g/mol. The van der Waals surface area contributed by atoms with Gasteiger partial charge in [-0.15, -0.1) is 0 Å². The molecule has 6 rings (SSSR count). The quantitative estimate of drug-likeness (QED) is 0.304. The van der Waals surface area contributed by atoms with Crippen LogP contribution in [-0.2, 0) is 0 Å². The fraction of sp³-hybridized carbons (Fsp3) is 0. The fourth-order valence-corrected chi connectivity index (χ4v) is 4.46. The maximum atomic E-state index is 3.75. The zero-order valence-corrected chi connectivity index (χ0v) is 15.9. The summed E-state index contributed by atoms with van der Waals surface area (Å²) < 4.78 is 0. The molecule has 1 heteroatoms. The predicted octanol–water partition coefficient (Wildman–Crippen LogP) is 8.04. The van der Waals surface area contributed by atoms with Crippen molar-refractivity contribution >= 4 is 54.5 Å². The molecule has 6 aromatic carbocycles. The SMILES string of the molecule is c1ccc2c(c1)ccc1c(Nc3cccc4ccc5ccccc5c34)cccc12. The fourth-order valence-electron chi connectivity index (χ4n) is 4.46. The van der Waals surface area contributed by atoms with Crippen molar-refractivity contribution in [1.29, 1.82) is 0 Å². The number of benzene rings is 6. The number of fused-ring (bicyclic) bond motifs is 6. The molecule has 136 valence electrons. The predicted molar refractivity (Wildman–Crippen MR) is 126 cm³/mol. The van der Waals surface area contributed by atoms with Gasteiger partial charge in [-0.25, -0.2) is 0 Å². The van der Waals surface area contributed by atoms with Crippen LogP contribution in [0.3, 0.4) is 0 Å². The molecule has 1 nitrogen and oxygen atoms in total. The van der Waals surface area contributed by atoms with Gasteiger partial charge in [-0.1, -0.05) is 97.1 Å². The second kappa shape index (κ2) is 6.35. The third-order valence-electron chi connectivity index (χ3n) is 5.83. The van der Waals surface area contributed by atoms with Gasteiger partial charge in [-0.3, -0.25) is 0 Å². The average Bonchev–Trinajstić information content (AvgIpc) is 2.79. The van der Waals surface area contributed by atoms with E-state index in [1.54, 1.807) is 0 Å². The van der Waals surface area contributed by atoms with E-state index in [-0.39, 0.29) is 0 Å². The van der Waals surface area contributed by atoms with Crippen molar-refractivity contribution in [1.82, 2.24) is 0 Å². The second-order valence-electron chi connectivity index (χ2n) is 7.50. The number of hydrogen-bond donors (Lipinski definition) is 1. The normalized spacial score (nSPS) is 11.4. The van der Waals surface area contributed by atoms with Crippen molar-refractivity contribution in [2.75, 3.05) is 5.32 Å². The topological polar surface area (TPSA) is 12.0 Å². The molecule has 0 fully saturated rings. The number of anilines is 2. The number of nitrogens with one attached hydrogen (secondary N) is 1. The molecule has 0 saturated carbocycles. The largest absolute Gasteiger partial charge is 0.354 e. The van der Waals surface area contributed by atoms with Crippen molar-refractivity contribution in [3.63, 3.8) is 0 Å². The van der Waals surface area contributed by atoms with E-state index >= 15 is 0 Å². The molecule has 29 heavy (non-hydrogen) atoms. The summed E-state index contributed by atoms with van der Waals surface area (Å²) in [6, 6.07) is 39.0. The summed E-state index contributed by atoms with van der Waals surface area (Å²) in [4.78, 5) is 0. The minimum atomic E-state index is 1.13. The highest BCUT2D eigenvalue weighted by Gasteiger charge is 2.09. The highest BCUT2D eigenvalue weighted by Crippen LogP contribution is 2.36. The molecule has 0 spiro atoms. The Morgan fingerprint density at radius 3 is 1.83 bits per heavy atom. The van der Waals surface area contributed by atoms with Crippen LogP contribution in [0.2, 0.25) is 0 Å². The molecule has 0 atom stereocenters. The first-order valence-corrected chi connectivity index (χ1v) is 9.96. The molecular weight excluding hydrogens is 350 g/mol. The first-order chi connectivity index (χ1) is 14.4. The van der Waals surface area contributed by atoms with Crippen molar-refractivity contribution in [2.45, 2.75) is 0 Å². The van der Waals surface area contributed by atoms with E-state index in [9.17, 15) is 0 Å². The van der Waals surface area contributed by atoms with Gasteiger partial charge in [-0.2, -0.15) is 0 Å². The van der Waals surface area contributed by atoms with E-state index in [4.69, 9.17) is 0 Å². The lowest BCUT2D eigenvalue weighted by atomic mass is 9.99. The molecule has 0 aliphatic rings. The summed E-state index contributed by atoms with van der Waals surface area (Å²) in [5, 5.41) is 13.9. The van der Waals surface area contributed by atoms with Crippen molar-refractivity contribution in [3.05, 3.63) is 109 Å². The van der Waals surface area contributed by atoms with Crippen molar-refractivity contribution in [3.8, 4) is 0 Å². The molecular formula is C28H19N. The molecule has 0 radical (unpaired) electrons. The van der Waals surface area contributed by atoms with Gasteiger partial charge in [0.05, 0.1) is 0 Å². The minimum Gasteiger partial charge on any atom is -0.354 e. The van der Waals surface area contributed by atoms with Crippen LogP contribution < -0.4 is 5.32 Å². The van der Waals surface area contributed by atoms with Crippen LogP contribution >= 0.6 is 0 Å². The molecule has 6 aromatic rings. The van der Waals surface area contributed by atoms with E-state index < -0.39 is 0 Å². The summed E-state index contributed by atoms with van der Waals surface area (Å²) in [6.45, 7) is 0. The molecule has 0 unspecified atom stereocenters. The van der Waals surface area contributed by atoms with E-state index in [2.05, 4.69) is 115 Å². The molecule has 0 amide bonds. The Morgan fingerprint density at radius 1 is 0.345 bits per heavy atom. The minimum absolute atomic E-state index is 1.13. The molecule has 0 saturated heterocycles. The third kappa shape index (κ3) is 2.55. The lowest BCUT2D eigenvalue weighted by Crippen LogP contribution is -1.93. The molecule has 0 bridgehead atoms. The zero-order valence-electron chi connectivity index (χ0n) is 15.9. The second-order valence-corrected chi connectivity index (χ2v) is 7.50. The standard InChI is InChI=1S/C28H19N/c1-3-10-22-19(7-1)17-18-25-24(22)12-6-13-26(25)29-27-14-5-9-21-16-15-20-8-2-4-11-23(20)28(21)27/h1-18,29H. The van der Waals surface area contributed by atoms with Crippen LogP contribution in [0.5, 0.6) is 0 Å². The molecule has 0 aromatic heterocycles. The van der Waals surface area contributed by atoms with Gasteiger partial charge in [0.15, 0.2) is 0 Å². The molecule has 0 heterocycles. The first-order valence-electron chi connectivity index (χ1n) is 9.96. The van der Waals surface area contributed by atoms with Crippen LogP contribution in [0.15, 0.2) is 109 Å². The van der Waals surface area contributed by atoms with Gasteiger partial charge in [0.1, 0.15) is 0 Å². The Balaban J connectivity index is 1.60. The van der Waals surface area contributed by atoms with Gasteiger partial charge in [-0.05, 0) is 44.5 Å². The van der Waals surface area contributed by atoms with Crippen LogP contribution in [0.1, 0.15) is 0 Å². The van der Waals surface area contributed by atoms with E-state index in [1.165, 1.54) is 43.1 Å². The lowest BCUT2D eigenvalue weighted by Gasteiger charge is -2.15. The maximum Gasteiger partial charge on any atom is 0.0470 e. The van der Waals surface area contributed by atoms with Gasteiger partial charge in [0.25, 0.3) is 0 Å². The smallest absolute Gasteiger partial charge is 0.0470 e. The Bertz CT molecular complexity index is 1530. The Labute approximate surface area is 169 Å². The average molecular weight is 369 g/mol. The summed E-state index contributed by atoms with van der Waals surface area (Å²) >= 11 is 0. The highest BCUT2D eigenvalue weighted by molar-refractivity contribution is 6.16. The Morgan fingerprint density at radius 2 is 0.931 bits per heavy atom. The first kappa shape index (κ1) is 16.1. The Kier molecular flexibility index (Phi) is 3.54. The molecule has 0 aliphatic carbocycles. The van der Waals surface area contributed by atoms with Crippen LogP contribution in [-0.4, -0.2) is 0 Å². The molecule has 0 aliphatic heterocycles. The zero-order chi connectivity index (χ0) is 19.2. The van der Waals surface area contributed by atoms with Crippen LogP contribution in [0.25, 0.3) is 43.1 Å². The van der Waals surface area contributed by atoms with Crippen molar-refractivity contribution < 1.29 is 0 Å². The summed E-state index contributed by atoms with van der Waals surface area (Å²) in [6.07, 6.45) is 0. The van der Waals surface area contributed by atoms with Crippen LogP contribution in [0.4, 0.5) is 11.4 Å². The number of hydrogen-bond acceptors (Lipinski definition) is 1. The van der Waals surface area contributed by atoms with E-state index in [0.29, 0.717) is 0 Å². The summed E-state index contributed by atoms with van der Waals surface area (Å²) in [5.74, 6) is 0. The van der Waals surface area contributed by atoms with Gasteiger partial charge in [0.2, 0.25) is 0 Å². The van der Waals surface area contributed by atoms with Gasteiger partial charge >= 0.3 is 0 Å². The molecule has 1 N–H and O–H groups in total. The summed E-state index contributed by atoms with van der Waals surface area (Å²) in [7, 11) is 0. The number of rotatable bonds is 2. The van der Waals surface area contributed by atoms with Crippen molar-refractivity contribution in [2.24, 2.45) is 0 Å². The third-order valence-corrected chi connectivity index (χ3v) is 5.83. The summed E-state index contributed by atoms with van der Waals surface area (Å²) in [5.41, 5.74) is 2.27. The lowest BCUT2D eigenvalue weighted by molar-refractivity contribution is 1.62. The van der Waals surface area contributed by atoms with Gasteiger partial charge in [0, 0.05) is 22.1 Å². The maximum absolute atomic E-state index is 3.75. The van der Waals surface area contributed by atoms with Gasteiger partial charge < -0.3 is 5.32 Å². The highest BCUT2D eigenvalue weighted by atomic mass is 14.9.